The average molecular weight is 943 g/mol. The SMILES string of the molecule is CC1(C)CCC(C)(C)C2CC3=C(C=C21)N(c1ccc2c(c1)C(C)(C)CCC2(C)C)c1cc([Si](C)(C)C)cc2c1B3c1oc3ccc(C(C)(C)C)cc3c1N2c1ccc(C(C)(C)C)cc1-c1ccccc1. The lowest BCUT2D eigenvalue weighted by Crippen LogP contribution is -2.58. The summed E-state index contributed by atoms with van der Waals surface area (Å²) in [5.41, 5.74) is 22.7. The van der Waals surface area contributed by atoms with Crippen molar-refractivity contribution in [2.45, 2.75) is 170 Å². The minimum atomic E-state index is -1.96. The van der Waals surface area contributed by atoms with Crippen molar-refractivity contribution in [2.24, 2.45) is 16.7 Å². The van der Waals surface area contributed by atoms with Crippen molar-refractivity contribution < 1.29 is 4.42 Å². The van der Waals surface area contributed by atoms with Gasteiger partial charge in [-0.25, -0.2) is 0 Å². The van der Waals surface area contributed by atoms with Gasteiger partial charge >= 0.3 is 0 Å². The number of allylic oxidation sites excluding steroid dienone is 3. The first-order valence-electron chi connectivity index (χ1n) is 26.7. The Morgan fingerprint density at radius 2 is 1.23 bits per heavy atom. The van der Waals surface area contributed by atoms with E-state index in [0.29, 0.717) is 5.92 Å². The van der Waals surface area contributed by atoms with E-state index in [2.05, 4.69) is 230 Å². The molecule has 6 aromatic rings. The molecule has 0 amide bonds. The highest BCUT2D eigenvalue weighted by Gasteiger charge is 2.54. The Balaban J connectivity index is 1.30. The number of hydrogen-bond donors (Lipinski definition) is 0. The Labute approximate surface area is 422 Å². The number of hydrogen-bond acceptors (Lipinski definition) is 3. The van der Waals surface area contributed by atoms with E-state index in [9.17, 15) is 0 Å². The van der Waals surface area contributed by atoms with Gasteiger partial charge in [-0.15, -0.1) is 0 Å². The van der Waals surface area contributed by atoms with Crippen molar-refractivity contribution in [3.63, 3.8) is 0 Å². The van der Waals surface area contributed by atoms with E-state index in [1.165, 1.54) is 115 Å². The van der Waals surface area contributed by atoms with Gasteiger partial charge in [0.2, 0.25) is 0 Å². The number of rotatable bonds is 4. The van der Waals surface area contributed by atoms with Crippen LogP contribution in [0, 0.1) is 16.7 Å². The molecule has 5 heteroatoms. The largest absolute Gasteiger partial charge is 0.468 e. The summed E-state index contributed by atoms with van der Waals surface area (Å²) >= 11 is 0. The zero-order chi connectivity index (χ0) is 50.0. The topological polar surface area (TPSA) is 19.6 Å². The van der Waals surface area contributed by atoms with Crippen LogP contribution in [0.3, 0.4) is 0 Å². The van der Waals surface area contributed by atoms with Crippen LogP contribution in [0.25, 0.3) is 22.1 Å². The third-order valence-electron chi connectivity index (χ3n) is 18.2. The van der Waals surface area contributed by atoms with Crippen molar-refractivity contribution in [1.82, 2.24) is 0 Å². The lowest BCUT2D eigenvalue weighted by molar-refractivity contribution is 0.122. The molecule has 3 heterocycles. The van der Waals surface area contributed by atoms with E-state index in [1.54, 1.807) is 5.57 Å². The summed E-state index contributed by atoms with van der Waals surface area (Å²) in [6.45, 7) is 41.6. The first-order chi connectivity index (χ1) is 32.6. The van der Waals surface area contributed by atoms with Crippen LogP contribution >= 0.6 is 0 Å². The zero-order valence-corrected chi connectivity index (χ0v) is 46.8. The number of nitrogens with zero attached hydrogens (tertiary/aromatic N) is 2. The second-order valence-electron chi connectivity index (χ2n) is 28.0. The molecule has 11 rings (SSSR count). The van der Waals surface area contributed by atoms with Crippen LogP contribution in [0.2, 0.25) is 19.6 Å². The maximum Gasteiger partial charge on any atom is 0.293 e. The van der Waals surface area contributed by atoms with Crippen LogP contribution in [-0.2, 0) is 21.7 Å². The third-order valence-corrected chi connectivity index (χ3v) is 20.2. The summed E-state index contributed by atoms with van der Waals surface area (Å²) in [6, 6.07) is 38.4. The fourth-order valence-electron chi connectivity index (χ4n) is 13.3. The molecule has 1 aromatic heterocycles. The van der Waals surface area contributed by atoms with Gasteiger partial charge in [-0.1, -0.05) is 181 Å². The minimum Gasteiger partial charge on any atom is -0.468 e. The van der Waals surface area contributed by atoms with Crippen molar-refractivity contribution in [2.75, 3.05) is 9.80 Å². The number of benzene rings is 5. The van der Waals surface area contributed by atoms with Gasteiger partial charge < -0.3 is 14.2 Å². The molecule has 1 unspecified atom stereocenters. The second-order valence-corrected chi connectivity index (χ2v) is 33.1. The van der Waals surface area contributed by atoms with Crippen molar-refractivity contribution in [1.29, 1.82) is 0 Å². The van der Waals surface area contributed by atoms with Crippen LogP contribution in [0.5, 0.6) is 0 Å². The fourth-order valence-corrected chi connectivity index (χ4v) is 14.4. The first kappa shape index (κ1) is 47.3. The monoisotopic (exact) mass is 943 g/mol. The molecule has 3 nitrogen and oxygen atoms in total. The van der Waals surface area contributed by atoms with Crippen LogP contribution in [0.1, 0.15) is 151 Å². The van der Waals surface area contributed by atoms with Crippen LogP contribution < -0.4 is 26.1 Å². The Morgan fingerprint density at radius 1 is 0.614 bits per heavy atom. The Hall–Kier alpha value is -5.00. The maximum atomic E-state index is 7.62. The summed E-state index contributed by atoms with van der Waals surface area (Å²) in [5, 5.41) is 2.67. The number of anilines is 5. The molecular formula is C65H79BN2OSi. The molecule has 0 radical (unpaired) electrons. The van der Waals surface area contributed by atoms with Crippen LogP contribution in [0.4, 0.5) is 28.4 Å². The molecule has 1 atom stereocenters. The highest BCUT2D eigenvalue weighted by molar-refractivity contribution is 6.95. The molecule has 2 aliphatic heterocycles. The zero-order valence-electron chi connectivity index (χ0n) is 45.8. The summed E-state index contributed by atoms with van der Waals surface area (Å²) in [4.78, 5) is 5.44. The molecule has 0 bridgehead atoms. The highest BCUT2D eigenvalue weighted by atomic mass is 28.3. The van der Waals surface area contributed by atoms with Crippen LogP contribution in [0.15, 0.2) is 124 Å². The summed E-state index contributed by atoms with van der Waals surface area (Å²) in [5.74, 6) is 0.430. The maximum absolute atomic E-state index is 7.62. The quantitative estimate of drug-likeness (QED) is 0.164. The average Bonchev–Trinajstić information content (AvgIpc) is 3.67. The number of fused-ring (bicyclic) bond motifs is 7. The smallest absolute Gasteiger partial charge is 0.293 e. The predicted octanol–water partition coefficient (Wildman–Crippen LogP) is 16.7. The summed E-state index contributed by atoms with van der Waals surface area (Å²) in [6.07, 6.45) is 8.53. The Morgan fingerprint density at radius 3 is 1.89 bits per heavy atom. The molecule has 5 aromatic carbocycles. The fraction of sp³-hybridized carbons (Fsp3) is 0.446. The molecule has 70 heavy (non-hydrogen) atoms. The molecule has 1 fully saturated rings. The Kier molecular flexibility index (Phi) is 10.3. The molecular weight excluding hydrogens is 864 g/mol. The second kappa shape index (κ2) is 15.3. The van der Waals surface area contributed by atoms with E-state index in [-0.39, 0.29) is 39.2 Å². The molecule has 0 spiro atoms. The van der Waals surface area contributed by atoms with E-state index in [0.717, 1.165) is 17.7 Å². The molecule has 5 aliphatic rings. The summed E-state index contributed by atoms with van der Waals surface area (Å²) < 4.78 is 7.62. The van der Waals surface area contributed by atoms with Crippen molar-refractivity contribution >= 4 is 70.5 Å². The van der Waals surface area contributed by atoms with Crippen molar-refractivity contribution in [3.05, 3.63) is 142 Å². The molecule has 1 saturated carbocycles. The van der Waals surface area contributed by atoms with E-state index >= 15 is 0 Å². The molecule has 362 valence electrons. The van der Waals surface area contributed by atoms with Gasteiger partial charge in [0, 0.05) is 33.7 Å². The van der Waals surface area contributed by atoms with Gasteiger partial charge in [-0.3, -0.25) is 0 Å². The molecule has 0 N–H and O–H groups in total. The van der Waals surface area contributed by atoms with Gasteiger partial charge in [0.05, 0.1) is 25.1 Å². The van der Waals surface area contributed by atoms with E-state index in [1.807, 2.05) is 0 Å². The molecule has 3 aliphatic carbocycles. The lowest BCUT2D eigenvalue weighted by atomic mass is 9.32. The summed E-state index contributed by atoms with van der Waals surface area (Å²) in [7, 11) is -1.96. The van der Waals surface area contributed by atoms with Crippen LogP contribution in [-0.4, -0.2) is 14.8 Å². The number of furan rings is 1. The standard InChI is InChI=1S/C65H79BN2OSi/c1-60(2,3)41-23-27-52(45(33-41)40-21-19-18-20-22-40)68-55-37-44(70(15,16)17)36-54-57(55)66(59-58(68)46-34-42(61(4,5)6)24-28-56(46)69-59)51-38-49-50(65(13,14)32-31-64(49,11)12)39-53(51)67(54)43-25-26-47-48(35-43)63(9,10)30-29-62(47,7)8/h18-28,33-37,39,49H,29-32,38H2,1-17H3. The van der Waals surface area contributed by atoms with Gasteiger partial charge in [-0.2, -0.15) is 0 Å². The molecule has 0 saturated heterocycles. The van der Waals surface area contributed by atoms with Crippen molar-refractivity contribution in [3.8, 4) is 11.1 Å². The highest BCUT2D eigenvalue weighted by Crippen LogP contribution is 2.60. The lowest BCUT2D eigenvalue weighted by Gasteiger charge is -2.53. The Bertz CT molecular complexity index is 3210. The predicted molar refractivity (Wildman–Crippen MR) is 306 cm³/mol. The minimum absolute atomic E-state index is 0.0298. The normalized spacial score (nSPS) is 20.9. The van der Waals surface area contributed by atoms with Gasteiger partial charge in [0.15, 0.2) is 0 Å². The van der Waals surface area contributed by atoms with Gasteiger partial charge in [-0.05, 0) is 158 Å². The van der Waals surface area contributed by atoms with E-state index in [4.69, 9.17) is 4.42 Å². The first-order valence-corrected chi connectivity index (χ1v) is 30.2. The third kappa shape index (κ3) is 7.31. The van der Waals surface area contributed by atoms with Gasteiger partial charge in [0.1, 0.15) is 5.58 Å². The van der Waals surface area contributed by atoms with Gasteiger partial charge in [0.25, 0.3) is 6.71 Å². The van der Waals surface area contributed by atoms with E-state index < -0.39 is 8.07 Å².